The minimum absolute atomic E-state index is 0.0536. The van der Waals surface area contributed by atoms with E-state index < -0.39 is 62.4 Å². The highest BCUT2D eigenvalue weighted by atomic mass is 32.2. The molecule has 2 saturated carbocycles. The summed E-state index contributed by atoms with van der Waals surface area (Å²) in [6, 6.07) is 8.42. The molecule has 40 heavy (non-hydrogen) atoms. The molecule has 1 aromatic heterocycles. The number of pyridine rings is 1. The van der Waals surface area contributed by atoms with Gasteiger partial charge in [-0.25, -0.2) is 18.2 Å². The summed E-state index contributed by atoms with van der Waals surface area (Å²) in [6.45, 7) is 8.95. The number of nitrogens with one attached hydrogen (secondary N) is 2. The van der Waals surface area contributed by atoms with Crippen molar-refractivity contribution in [2.75, 3.05) is 6.54 Å². The predicted molar refractivity (Wildman–Crippen MR) is 147 cm³/mol. The largest absolute Gasteiger partial charge is 0.472 e. The van der Waals surface area contributed by atoms with Gasteiger partial charge in [-0.3, -0.25) is 19.2 Å². The summed E-state index contributed by atoms with van der Waals surface area (Å²) in [6.07, 6.45) is 3.16. The Morgan fingerprint density at radius 2 is 1.90 bits per heavy atom. The molecule has 1 saturated heterocycles. The molecular weight excluding hydrogens is 536 g/mol. The quantitative estimate of drug-likeness (QED) is 0.461. The number of carbonyl (C=O) groups excluding carboxylic acids is 3. The Bertz CT molecular complexity index is 1460. The average Bonchev–Trinajstić information content (AvgIpc) is 3.80. The van der Waals surface area contributed by atoms with Gasteiger partial charge in [-0.05, 0) is 57.6 Å². The first kappa shape index (κ1) is 27.9. The SMILES string of the molecule is C=C[C@@H]1C[C@]1(NC(=O)[C@@H]1C[C@@H](Oc2nccc3ccccc23)CN1C(=O)OC(C)(C)C)C(=O)NS(=O)(=O)C1CC1. The summed E-state index contributed by atoms with van der Waals surface area (Å²) in [5.41, 5.74) is -2.27. The third-order valence-electron chi connectivity index (χ3n) is 7.36. The standard InChI is InChI=1S/C28H34N4O7S/c1-5-18-15-28(18,25(34)31-40(36,37)20-10-11-20)30-23(33)22-14-19(16-32(22)26(35)39-27(2,3)4)38-24-21-9-7-6-8-17(21)12-13-29-24/h5-9,12-13,18-20,22H,1,10-11,14-16H2,2-4H3,(H,30,33)(H,31,34)/t18-,19-,22+,28-/m1/s1. The van der Waals surface area contributed by atoms with Crippen LogP contribution in [0.3, 0.4) is 0 Å². The number of rotatable bonds is 8. The predicted octanol–water partition coefficient (Wildman–Crippen LogP) is 2.66. The van der Waals surface area contributed by atoms with Crippen LogP contribution in [0, 0.1) is 5.92 Å². The minimum atomic E-state index is -3.82. The van der Waals surface area contributed by atoms with E-state index in [0.29, 0.717) is 18.7 Å². The van der Waals surface area contributed by atoms with Gasteiger partial charge in [0.25, 0.3) is 5.91 Å². The summed E-state index contributed by atoms with van der Waals surface area (Å²) in [5.74, 6) is -1.48. The molecule has 11 nitrogen and oxygen atoms in total. The number of carbonyl (C=O) groups is 3. The first-order chi connectivity index (χ1) is 18.8. The second kappa shape index (κ2) is 10.1. The van der Waals surface area contributed by atoms with Gasteiger partial charge in [0.15, 0.2) is 0 Å². The van der Waals surface area contributed by atoms with Crippen molar-refractivity contribution in [2.45, 2.75) is 75.0 Å². The molecule has 0 unspecified atom stereocenters. The number of nitrogens with zero attached hydrogens (tertiary/aromatic N) is 2. The van der Waals surface area contributed by atoms with Crippen molar-refractivity contribution in [3.8, 4) is 5.88 Å². The zero-order valence-electron chi connectivity index (χ0n) is 22.8. The van der Waals surface area contributed by atoms with Gasteiger partial charge in [-0.1, -0.05) is 24.3 Å². The van der Waals surface area contributed by atoms with Crippen LogP contribution in [0.1, 0.15) is 46.5 Å². The molecule has 2 aromatic rings. The van der Waals surface area contributed by atoms with Gasteiger partial charge >= 0.3 is 6.09 Å². The van der Waals surface area contributed by atoms with Crippen LogP contribution in [0.15, 0.2) is 49.2 Å². The second-order valence-corrected chi connectivity index (χ2v) is 13.6. The van der Waals surface area contributed by atoms with E-state index in [4.69, 9.17) is 9.47 Å². The van der Waals surface area contributed by atoms with E-state index >= 15 is 0 Å². The Balaban J connectivity index is 1.37. The molecule has 1 aliphatic heterocycles. The number of fused-ring (bicyclic) bond motifs is 1. The molecule has 2 aliphatic carbocycles. The zero-order valence-corrected chi connectivity index (χ0v) is 23.6. The lowest BCUT2D eigenvalue weighted by atomic mass is 10.1. The van der Waals surface area contributed by atoms with Crippen molar-refractivity contribution in [3.63, 3.8) is 0 Å². The Kier molecular flexibility index (Phi) is 7.01. The molecule has 3 fully saturated rings. The molecule has 12 heteroatoms. The first-order valence-corrected chi connectivity index (χ1v) is 14.9. The molecule has 3 aliphatic rings. The van der Waals surface area contributed by atoms with Crippen molar-refractivity contribution in [1.29, 1.82) is 0 Å². The third kappa shape index (κ3) is 5.63. The van der Waals surface area contributed by atoms with Gasteiger partial charge in [0.1, 0.15) is 23.3 Å². The fourth-order valence-corrected chi connectivity index (χ4v) is 6.38. The fourth-order valence-electron chi connectivity index (χ4n) is 5.02. The maximum Gasteiger partial charge on any atom is 0.411 e. The van der Waals surface area contributed by atoms with E-state index in [1.165, 1.54) is 11.0 Å². The Labute approximate surface area is 233 Å². The first-order valence-electron chi connectivity index (χ1n) is 13.3. The number of sulfonamides is 1. The van der Waals surface area contributed by atoms with Crippen LogP contribution in [0.5, 0.6) is 5.88 Å². The van der Waals surface area contributed by atoms with Gasteiger partial charge in [-0.15, -0.1) is 6.58 Å². The molecular formula is C28H34N4O7S. The molecule has 4 atom stereocenters. The number of ether oxygens (including phenoxy) is 2. The smallest absolute Gasteiger partial charge is 0.411 e. The van der Waals surface area contributed by atoms with Gasteiger partial charge < -0.3 is 14.8 Å². The van der Waals surface area contributed by atoms with E-state index in [0.717, 1.165) is 10.8 Å². The van der Waals surface area contributed by atoms with Crippen LogP contribution in [0.2, 0.25) is 0 Å². The van der Waals surface area contributed by atoms with Crippen LogP contribution >= 0.6 is 0 Å². The highest BCUT2D eigenvalue weighted by Gasteiger charge is 2.62. The van der Waals surface area contributed by atoms with Crippen LogP contribution in [0.4, 0.5) is 4.79 Å². The van der Waals surface area contributed by atoms with Gasteiger partial charge in [0.2, 0.25) is 21.8 Å². The monoisotopic (exact) mass is 570 g/mol. The lowest BCUT2D eigenvalue weighted by Gasteiger charge is -2.29. The van der Waals surface area contributed by atoms with Crippen molar-refractivity contribution < 1.29 is 32.3 Å². The van der Waals surface area contributed by atoms with E-state index in [1.807, 2.05) is 30.3 Å². The summed E-state index contributed by atoms with van der Waals surface area (Å²) in [4.78, 5) is 45.6. The van der Waals surface area contributed by atoms with Gasteiger partial charge in [0, 0.05) is 23.9 Å². The summed E-state index contributed by atoms with van der Waals surface area (Å²) in [7, 11) is -3.82. The maximum atomic E-state index is 13.7. The topological polar surface area (TPSA) is 144 Å². The van der Waals surface area contributed by atoms with E-state index in [1.54, 1.807) is 27.0 Å². The van der Waals surface area contributed by atoms with Crippen molar-refractivity contribution in [3.05, 3.63) is 49.2 Å². The van der Waals surface area contributed by atoms with E-state index in [9.17, 15) is 22.8 Å². The number of amides is 3. The van der Waals surface area contributed by atoms with E-state index in [2.05, 4.69) is 21.6 Å². The molecule has 5 rings (SSSR count). The molecule has 0 radical (unpaired) electrons. The highest BCUT2D eigenvalue weighted by molar-refractivity contribution is 7.91. The average molecular weight is 571 g/mol. The molecule has 0 bridgehead atoms. The molecule has 3 amide bonds. The Morgan fingerprint density at radius 1 is 1.18 bits per heavy atom. The second-order valence-electron chi connectivity index (χ2n) is 11.6. The zero-order chi connectivity index (χ0) is 28.9. The number of hydrogen-bond donors (Lipinski definition) is 2. The Hall–Kier alpha value is -3.67. The number of aromatic nitrogens is 1. The number of likely N-dealkylation sites (tertiary alicyclic amines) is 1. The third-order valence-corrected chi connectivity index (χ3v) is 9.18. The van der Waals surface area contributed by atoms with Crippen LogP contribution in [-0.2, 0) is 24.3 Å². The van der Waals surface area contributed by atoms with Crippen LogP contribution in [0.25, 0.3) is 10.8 Å². The normalized spacial score (nSPS) is 26.2. The van der Waals surface area contributed by atoms with Crippen LogP contribution in [-0.4, -0.2) is 71.3 Å². The molecule has 1 aromatic carbocycles. The number of hydrogen-bond acceptors (Lipinski definition) is 8. The van der Waals surface area contributed by atoms with E-state index in [-0.39, 0.29) is 19.4 Å². The van der Waals surface area contributed by atoms with Crippen molar-refractivity contribution in [2.24, 2.45) is 5.92 Å². The molecule has 214 valence electrons. The Morgan fingerprint density at radius 3 is 2.55 bits per heavy atom. The minimum Gasteiger partial charge on any atom is -0.472 e. The van der Waals surface area contributed by atoms with Gasteiger partial charge in [0.05, 0.1) is 11.8 Å². The molecule has 2 N–H and O–H groups in total. The van der Waals surface area contributed by atoms with Crippen molar-refractivity contribution >= 4 is 38.7 Å². The summed E-state index contributed by atoms with van der Waals surface area (Å²) >= 11 is 0. The van der Waals surface area contributed by atoms with Crippen molar-refractivity contribution in [1.82, 2.24) is 19.9 Å². The summed E-state index contributed by atoms with van der Waals surface area (Å²) in [5, 5.41) is 3.88. The number of benzene rings is 1. The lowest BCUT2D eigenvalue weighted by molar-refractivity contribution is -0.131. The summed E-state index contributed by atoms with van der Waals surface area (Å²) < 4.78 is 38.8. The molecule has 0 spiro atoms. The van der Waals surface area contributed by atoms with Gasteiger partial charge in [-0.2, -0.15) is 0 Å². The lowest BCUT2D eigenvalue weighted by Crippen LogP contribution is -2.56. The highest BCUT2D eigenvalue weighted by Crippen LogP contribution is 2.45. The molecule has 2 heterocycles. The maximum absolute atomic E-state index is 13.7. The fraction of sp³-hybridized carbons (Fsp3) is 0.500. The van der Waals surface area contributed by atoms with Crippen LogP contribution < -0.4 is 14.8 Å².